The van der Waals surface area contributed by atoms with Crippen LogP contribution in [0.2, 0.25) is 0 Å². The largest absolute Gasteiger partial charge is 0.352 e. The zero-order valence-electron chi connectivity index (χ0n) is 9.13. The first-order chi connectivity index (χ1) is 5.99. The number of carbonyl (C=O) groups is 1. The van der Waals surface area contributed by atoms with E-state index >= 15 is 0 Å². The van der Waals surface area contributed by atoms with Gasteiger partial charge in [-0.25, -0.2) is 0 Å². The first-order valence-corrected chi connectivity index (χ1v) is 4.89. The third-order valence-corrected chi connectivity index (χ3v) is 2.41. The first kappa shape index (κ1) is 12.2. The second-order valence-electron chi connectivity index (χ2n) is 4.10. The van der Waals surface area contributed by atoms with Crippen molar-refractivity contribution in [3.8, 4) is 0 Å². The first-order valence-electron chi connectivity index (χ1n) is 4.89. The quantitative estimate of drug-likeness (QED) is 0.651. The van der Waals surface area contributed by atoms with E-state index in [4.69, 9.17) is 0 Å². The molecular weight excluding hydrogens is 162 g/mol. The molecule has 0 fully saturated rings. The monoisotopic (exact) mass is 183 g/mol. The van der Waals surface area contributed by atoms with Crippen molar-refractivity contribution in [3.63, 3.8) is 0 Å². The molecule has 1 amide bonds. The Morgan fingerprint density at radius 1 is 1.31 bits per heavy atom. The lowest BCUT2D eigenvalue weighted by atomic mass is 9.85. The van der Waals surface area contributed by atoms with Crippen LogP contribution in [0.3, 0.4) is 0 Å². The van der Waals surface area contributed by atoms with Crippen molar-refractivity contribution in [1.29, 1.82) is 0 Å². The van der Waals surface area contributed by atoms with Crippen LogP contribution in [0.4, 0.5) is 0 Å². The highest BCUT2D eigenvalue weighted by Crippen LogP contribution is 2.19. The van der Waals surface area contributed by atoms with Crippen LogP contribution < -0.4 is 5.32 Å². The Bertz CT molecular complexity index is 165. The molecule has 13 heavy (non-hydrogen) atoms. The lowest BCUT2D eigenvalue weighted by molar-refractivity contribution is -0.116. The van der Waals surface area contributed by atoms with Gasteiger partial charge in [0.1, 0.15) is 0 Å². The second-order valence-corrected chi connectivity index (χ2v) is 4.10. The fourth-order valence-electron chi connectivity index (χ4n) is 1.53. The fraction of sp³-hybridized carbons (Fsp3) is 0.727. The smallest absolute Gasteiger partial charge is 0.243 e. The molecule has 0 saturated carbocycles. The summed E-state index contributed by atoms with van der Waals surface area (Å²) in [5.74, 6) is 1.67. The molecule has 0 spiro atoms. The average Bonchev–Trinajstić information content (AvgIpc) is 2.03. The van der Waals surface area contributed by atoms with E-state index in [9.17, 15) is 4.79 Å². The molecule has 0 rings (SSSR count). The van der Waals surface area contributed by atoms with Crippen molar-refractivity contribution in [1.82, 2.24) is 5.32 Å². The molecule has 0 saturated heterocycles. The molecule has 0 unspecified atom stereocenters. The van der Waals surface area contributed by atoms with Crippen molar-refractivity contribution >= 4 is 5.91 Å². The van der Waals surface area contributed by atoms with Gasteiger partial charge in [-0.15, -0.1) is 0 Å². The van der Waals surface area contributed by atoms with Crippen molar-refractivity contribution < 1.29 is 4.79 Å². The summed E-state index contributed by atoms with van der Waals surface area (Å²) in [5, 5.41) is 2.84. The minimum absolute atomic E-state index is 0.0775. The minimum Gasteiger partial charge on any atom is -0.352 e. The third kappa shape index (κ3) is 4.71. The molecule has 0 aromatic heterocycles. The zero-order valence-corrected chi connectivity index (χ0v) is 9.13. The molecule has 76 valence electrons. The van der Waals surface area contributed by atoms with E-state index in [-0.39, 0.29) is 5.91 Å². The van der Waals surface area contributed by atoms with Gasteiger partial charge in [-0.05, 0) is 23.8 Å². The normalized spacial score (nSPS) is 11.0. The van der Waals surface area contributed by atoms with Crippen LogP contribution in [-0.4, -0.2) is 12.5 Å². The Hall–Kier alpha value is -0.790. The molecule has 0 aliphatic heterocycles. The van der Waals surface area contributed by atoms with Crippen LogP contribution >= 0.6 is 0 Å². The number of nitrogens with one attached hydrogen (secondary N) is 1. The molecule has 0 aliphatic carbocycles. The second kappa shape index (κ2) is 5.79. The van der Waals surface area contributed by atoms with Crippen molar-refractivity contribution in [2.45, 2.75) is 27.7 Å². The summed E-state index contributed by atoms with van der Waals surface area (Å²) >= 11 is 0. The zero-order chi connectivity index (χ0) is 10.4. The number of amides is 1. The molecule has 0 heterocycles. The summed E-state index contributed by atoms with van der Waals surface area (Å²) in [7, 11) is 0. The number of hydrogen-bond donors (Lipinski definition) is 1. The van der Waals surface area contributed by atoms with Gasteiger partial charge in [-0.3, -0.25) is 4.79 Å². The molecule has 0 aromatic carbocycles. The summed E-state index contributed by atoms with van der Waals surface area (Å²) in [5.41, 5.74) is 0. The van der Waals surface area contributed by atoms with E-state index in [0.717, 1.165) is 6.54 Å². The van der Waals surface area contributed by atoms with E-state index in [1.807, 2.05) is 0 Å². The molecule has 2 heteroatoms. The molecule has 2 nitrogen and oxygen atoms in total. The summed E-state index contributed by atoms with van der Waals surface area (Å²) in [6, 6.07) is 0. The highest BCUT2D eigenvalue weighted by atomic mass is 16.1. The van der Waals surface area contributed by atoms with E-state index in [1.165, 1.54) is 6.08 Å². The van der Waals surface area contributed by atoms with Gasteiger partial charge in [-0.1, -0.05) is 34.3 Å². The number of carbonyl (C=O) groups excluding carboxylic acids is 1. The van der Waals surface area contributed by atoms with E-state index in [2.05, 4.69) is 39.6 Å². The average molecular weight is 183 g/mol. The summed E-state index contributed by atoms with van der Waals surface area (Å²) in [4.78, 5) is 10.9. The topological polar surface area (TPSA) is 29.1 Å². The number of rotatable bonds is 5. The van der Waals surface area contributed by atoms with Crippen LogP contribution in [0.15, 0.2) is 12.7 Å². The Balaban J connectivity index is 3.97. The van der Waals surface area contributed by atoms with Gasteiger partial charge in [0.25, 0.3) is 0 Å². The fourth-order valence-corrected chi connectivity index (χ4v) is 1.53. The molecular formula is C11H21NO. The minimum atomic E-state index is -0.0775. The summed E-state index contributed by atoms with van der Waals surface area (Å²) < 4.78 is 0. The molecule has 0 aliphatic rings. The van der Waals surface area contributed by atoms with Crippen LogP contribution in [0.5, 0.6) is 0 Å². The lowest BCUT2D eigenvalue weighted by Crippen LogP contribution is -2.32. The number of hydrogen-bond acceptors (Lipinski definition) is 1. The summed E-state index contributed by atoms with van der Waals surface area (Å²) in [6.45, 7) is 12.9. The van der Waals surface area contributed by atoms with Crippen LogP contribution in [0, 0.1) is 17.8 Å². The van der Waals surface area contributed by atoms with Gasteiger partial charge in [-0.2, -0.15) is 0 Å². The lowest BCUT2D eigenvalue weighted by Gasteiger charge is -2.24. The molecule has 0 aromatic rings. The third-order valence-electron chi connectivity index (χ3n) is 2.41. The van der Waals surface area contributed by atoms with Crippen molar-refractivity contribution in [2.75, 3.05) is 6.54 Å². The molecule has 0 atom stereocenters. The molecule has 0 radical (unpaired) electrons. The van der Waals surface area contributed by atoms with Crippen molar-refractivity contribution in [3.05, 3.63) is 12.7 Å². The maximum atomic E-state index is 10.9. The van der Waals surface area contributed by atoms with E-state index < -0.39 is 0 Å². The molecule has 0 bridgehead atoms. The highest BCUT2D eigenvalue weighted by Gasteiger charge is 2.17. The Morgan fingerprint density at radius 3 is 2.08 bits per heavy atom. The van der Waals surface area contributed by atoms with Gasteiger partial charge in [0, 0.05) is 6.54 Å². The van der Waals surface area contributed by atoms with Gasteiger partial charge in [0.05, 0.1) is 0 Å². The Morgan fingerprint density at radius 2 is 1.77 bits per heavy atom. The SMILES string of the molecule is C=CC(=O)NCC(C(C)C)C(C)C. The van der Waals surface area contributed by atoms with Crippen LogP contribution in [-0.2, 0) is 4.79 Å². The Labute approximate surface area is 81.4 Å². The van der Waals surface area contributed by atoms with Gasteiger partial charge in [0.15, 0.2) is 0 Å². The maximum absolute atomic E-state index is 10.9. The van der Waals surface area contributed by atoms with Gasteiger partial charge >= 0.3 is 0 Å². The van der Waals surface area contributed by atoms with Crippen molar-refractivity contribution in [2.24, 2.45) is 17.8 Å². The summed E-state index contributed by atoms with van der Waals surface area (Å²) in [6.07, 6.45) is 1.32. The van der Waals surface area contributed by atoms with E-state index in [0.29, 0.717) is 17.8 Å². The standard InChI is InChI=1S/C11H21NO/c1-6-11(13)12-7-10(8(2)3)9(4)5/h6,8-10H,1,7H2,2-5H3,(H,12,13). The predicted octanol–water partition coefficient (Wildman–Crippen LogP) is 2.22. The van der Waals surface area contributed by atoms with Gasteiger partial charge < -0.3 is 5.32 Å². The highest BCUT2D eigenvalue weighted by molar-refractivity contribution is 5.86. The van der Waals surface area contributed by atoms with Gasteiger partial charge in [0.2, 0.25) is 5.91 Å². The maximum Gasteiger partial charge on any atom is 0.243 e. The predicted molar refractivity (Wildman–Crippen MR) is 56.4 cm³/mol. The van der Waals surface area contributed by atoms with Crippen LogP contribution in [0.25, 0.3) is 0 Å². The molecule has 1 N–H and O–H groups in total. The van der Waals surface area contributed by atoms with Crippen LogP contribution in [0.1, 0.15) is 27.7 Å². The van der Waals surface area contributed by atoms with E-state index in [1.54, 1.807) is 0 Å². The Kier molecular flexibility index (Phi) is 5.44.